The lowest BCUT2D eigenvalue weighted by molar-refractivity contribution is 0.616. The number of benzene rings is 1. The molecule has 0 amide bonds. The number of rotatable bonds is 0. The smallest absolute Gasteiger partial charge is 0.251 e. The van der Waals surface area contributed by atoms with Gasteiger partial charge in [0.1, 0.15) is 0 Å². The molecule has 1 aromatic heterocycles. The van der Waals surface area contributed by atoms with Gasteiger partial charge >= 0.3 is 0 Å². The van der Waals surface area contributed by atoms with Crippen LogP contribution in [0.25, 0.3) is 10.9 Å². The topological polar surface area (TPSA) is 22.0 Å². The van der Waals surface area contributed by atoms with Gasteiger partial charge in [0.2, 0.25) is 0 Å². The van der Waals surface area contributed by atoms with Crippen LogP contribution in [0, 0.1) is 0 Å². The summed E-state index contributed by atoms with van der Waals surface area (Å²) in [4.78, 5) is 11.6. The van der Waals surface area contributed by atoms with E-state index in [1.54, 1.807) is 6.07 Å². The van der Waals surface area contributed by atoms with Crippen LogP contribution in [0.15, 0.2) is 35.1 Å². The molecule has 14 heavy (non-hydrogen) atoms. The maximum Gasteiger partial charge on any atom is 0.251 e. The first kappa shape index (κ1) is 7.80. The van der Waals surface area contributed by atoms with Crippen molar-refractivity contribution >= 4 is 10.9 Å². The SMILES string of the molecule is O=c1ccc2cccc3c2n1CCC3. The van der Waals surface area contributed by atoms with Crippen molar-refractivity contribution in [2.24, 2.45) is 0 Å². The van der Waals surface area contributed by atoms with Crippen LogP contribution in [0.5, 0.6) is 0 Å². The van der Waals surface area contributed by atoms with Crippen molar-refractivity contribution in [1.29, 1.82) is 0 Å². The summed E-state index contributed by atoms with van der Waals surface area (Å²) in [5, 5.41) is 1.18. The van der Waals surface area contributed by atoms with Crippen molar-refractivity contribution in [1.82, 2.24) is 4.57 Å². The van der Waals surface area contributed by atoms with Crippen LogP contribution >= 0.6 is 0 Å². The van der Waals surface area contributed by atoms with Crippen molar-refractivity contribution in [2.75, 3.05) is 0 Å². The summed E-state index contributed by atoms with van der Waals surface area (Å²) < 4.78 is 1.90. The summed E-state index contributed by atoms with van der Waals surface area (Å²) in [6, 6.07) is 9.84. The van der Waals surface area contributed by atoms with E-state index < -0.39 is 0 Å². The number of hydrogen-bond donors (Lipinski definition) is 0. The molecule has 2 nitrogen and oxygen atoms in total. The predicted octanol–water partition coefficient (Wildman–Crippen LogP) is 1.95. The molecule has 0 aliphatic carbocycles. The number of hydrogen-bond acceptors (Lipinski definition) is 1. The van der Waals surface area contributed by atoms with E-state index in [9.17, 15) is 4.79 Å². The molecular formula is C12H11NO. The van der Waals surface area contributed by atoms with Crippen LogP contribution in [0.3, 0.4) is 0 Å². The highest BCUT2D eigenvalue weighted by atomic mass is 16.1. The Morgan fingerprint density at radius 2 is 2.07 bits per heavy atom. The van der Waals surface area contributed by atoms with Gasteiger partial charge in [0.15, 0.2) is 0 Å². The van der Waals surface area contributed by atoms with E-state index in [1.165, 1.54) is 10.9 Å². The van der Waals surface area contributed by atoms with E-state index >= 15 is 0 Å². The molecule has 2 heterocycles. The second kappa shape index (κ2) is 2.71. The number of aromatic nitrogens is 1. The highest BCUT2D eigenvalue weighted by Gasteiger charge is 2.11. The van der Waals surface area contributed by atoms with Gasteiger partial charge < -0.3 is 4.57 Å². The quantitative estimate of drug-likeness (QED) is 0.615. The first-order valence-electron chi connectivity index (χ1n) is 4.98. The minimum absolute atomic E-state index is 0.129. The van der Waals surface area contributed by atoms with Gasteiger partial charge in [-0.15, -0.1) is 0 Å². The Bertz CT molecular complexity index is 554. The predicted molar refractivity (Wildman–Crippen MR) is 56.5 cm³/mol. The van der Waals surface area contributed by atoms with Crippen LogP contribution in [0.4, 0.5) is 0 Å². The van der Waals surface area contributed by atoms with Gasteiger partial charge in [0.25, 0.3) is 5.56 Å². The first-order chi connectivity index (χ1) is 6.86. The zero-order chi connectivity index (χ0) is 9.54. The largest absolute Gasteiger partial charge is 0.308 e. The highest BCUT2D eigenvalue weighted by Crippen LogP contribution is 2.22. The molecule has 1 aliphatic rings. The van der Waals surface area contributed by atoms with E-state index in [4.69, 9.17) is 0 Å². The van der Waals surface area contributed by atoms with Gasteiger partial charge in [-0.25, -0.2) is 0 Å². The van der Waals surface area contributed by atoms with Crippen LogP contribution in [-0.2, 0) is 13.0 Å². The fourth-order valence-corrected chi connectivity index (χ4v) is 2.29. The molecule has 0 atom stereocenters. The molecule has 0 N–H and O–H groups in total. The van der Waals surface area contributed by atoms with Gasteiger partial charge in [0.05, 0.1) is 5.52 Å². The Morgan fingerprint density at radius 1 is 1.14 bits per heavy atom. The van der Waals surface area contributed by atoms with E-state index in [-0.39, 0.29) is 5.56 Å². The second-order valence-corrected chi connectivity index (χ2v) is 3.78. The van der Waals surface area contributed by atoms with E-state index in [1.807, 2.05) is 10.6 Å². The average molecular weight is 185 g/mol. The zero-order valence-electron chi connectivity index (χ0n) is 7.86. The minimum Gasteiger partial charge on any atom is -0.308 e. The molecule has 2 aromatic rings. The highest BCUT2D eigenvalue weighted by molar-refractivity contribution is 5.82. The van der Waals surface area contributed by atoms with Crippen LogP contribution in [-0.4, -0.2) is 4.57 Å². The molecule has 0 saturated heterocycles. The van der Waals surface area contributed by atoms with Gasteiger partial charge in [-0.1, -0.05) is 18.2 Å². The molecule has 0 saturated carbocycles. The summed E-state index contributed by atoms with van der Waals surface area (Å²) in [6.07, 6.45) is 2.18. The Hall–Kier alpha value is -1.57. The Kier molecular flexibility index (Phi) is 1.51. The number of aryl methyl sites for hydroxylation is 2. The maximum atomic E-state index is 11.6. The summed E-state index contributed by atoms with van der Waals surface area (Å²) in [7, 11) is 0. The molecule has 0 spiro atoms. The third-order valence-corrected chi connectivity index (χ3v) is 2.92. The Labute approximate surface area is 81.8 Å². The molecule has 3 rings (SSSR count). The van der Waals surface area contributed by atoms with Crippen molar-refractivity contribution in [3.05, 3.63) is 46.2 Å². The Morgan fingerprint density at radius 3 is 3.00 bits per heavy atom. The molecule has 0 radical (unpaired) electrons. The zero-order valence-corrected chi connectivity index (χ0v) is 7.86. The normalized spacial score (nSPS) is 14.6. The molecule has 0 fully saturated rings. The van der Waals surface area contributed by atoms with Crippen molar-refractivity contribution in [3.8, 4) is 0 Å². The van der Waals surface area contributed by atoms with Gasteiger partial charge in [0, 0.05) is 12.6 Å². The molecule has 0 unspecified atom stereocenters. The lowest BCUT2D eigenvalue weighted by atomic mass is 10.0. The van der Waals surface area contributed by atoms with E-state index in [0.29, 0.717) is 0 Å². The van der Waals surface area contributed by atoms with Crippen molar-refractivity contribution in [3.63, 3.8) is 0 Å². The summed E-state index contributed by atoms with van der Waals surface area (Å²) >= 11 is 0. The minimum atomic E-state index is 0.129. The molecule has 70 valence electrons. The lowest BCUT2D eigenvalue weighted by Gasteiger charge is -2.18. The summed E-state index contributed by atoms with van der Waals surface area (Å²) in [6.45, 7) is 0.868. The van der Waals surface area contributed by atoms with E-state index in [0.717, 1.165) is 24.9 Å². The first-order valence-corrected chi connectivity index (χ1v) is 4.98. The van der Waals surface area contributed by atoms with Gasteiger partial charge in [-0.3, -0.25) is 4.79 Å². The van der Waals surface area contributed by atoms with Crippen LogP contribution < -0.4 is 5.56 Å². The number of pyridine rings is 1. The van der Waals surface area contributed by atoms with Crippen molar-refractivity contribution < 1.29 is 0 Å². The number of para-hydroxylation sites is 1. The monoisotopic (exact) mass is 185 g/mol. The summed E-state index contributed by atoms with van der Waals surface area (Å²) in [5.41, 5.74) is 2.59. The maximum absolute atomic E-state index is 11.6. The molecule has 0 bridgehead atoms. The second-order valence-electron chi connectivity index (χ2n) is 3.78. The summed E-state index contributed by atoms with van der Waals surface area (Å²) in [5.74, 6) is 0. The molecule has 2 heteroatoms. The van der Waals surface area contributed by atoms with Gasteiger partial charge in [-0.2, -0.15) is 0 Å². The van der Waals surface area contributed by atoms with E-state index in [2.05, 4.69) is 18.2 Å². The molecule has 1 aliphatic heterocycles. The molecular weight excluding hydrogens is 174 g/mol. The third kappa shape index (κ3) is 0.939. The van der Waals surface area contributed by atoms with Crippen LogP contribution in [0.1, 0.15) is 12.0 Å². The van der Waals surface area contributed by atoms with Crippen molar-refractivity contribution in [2.45, 2.75) is 19.4 Å². The average Bonchev–Trinajstić information content (AvgIpc) is 2.24. The fourth-order valence-electron chi connectivity index (χ4n) is 2.29. The fraction of sp³-hybridized carbons (Fsp3) is 0.250. The number of nitrogens with zero attached hydrogens (tertiary/aromatic N) is 1. The van der Waals surface area contributed by atoms with Crippen LogP contribution in [0.2, 0.25) is 0 Å². The third-order valence-electron chi connectivity index (χ3n) is 2.92. The lowest BCUT2D eigenvalue weighted by Crippen LogP contribution is -2.23. The van der Waals surface area contributed by atoms with Gasteiger partial charge in [-0.05, 0) is 29.9 Å². The molecule has 1 aromatic carbocycles. The standard InChI is InChI=1S/C12H11NO/c14-11-7-6-10-4-1-3-9-5-2-8-13(11)12(9)10/h1,3-4,6-7H,2,5,8H2. The Balaban J connectivity index is 2.57.